The van der Waals surface area contributed by atoms with Gasteiger partial charge in [-0.25, -0.2) is 23.8 Å². The Hall–Kier alpha value is -5.64. The second-order valence-electron chi connectivity index (χ2n) is 10.5. The molecular weight excluding hydrogens is 539 g/mol. The first kappa shape index (κ1) is 27.9. The van der Waals surface area contributed by atoms with Gasteiger partial charge in [0.15, 0.2) is 0 Å². The predicted molar refractivity (Wildman–Crippen MR) is 157 cm³/mol. The van der Waals surface area contributed by atoms with Crippen molar-refractivity contribution in [3.05, 3.63) is 82.4 Å². The molecule has 0 spiro atoms. The number of pyridine rings is 2. The Balaban J connectivity index is 1.46. The number of carbonyl (C=O) groups excluding carboxylic acids is 1. The van der Waals surface area contributed by atoms with Gasteiger partial charge in [0.2, 0.25) is 5.95 Å². The Morgan fingerprint density at radius 1 is 1.05 bits per heavy atom. The number of nitrogens with one attached hydrogen (secondary N) is 3. The van der Waals surface area contributed by atoms with Crippen molar-refractivity contribution in [3.8, 4) is 22.9 Å². The van der Waals surface area contributed by atoms with Gasteiger partial charge in [-0.15, -0.1) is 0 Å². The zero-order valence-electron chi connectivity index (χ0n) is 23.5. The summed E-state index contributed by atoms with van der Waals surface area (Å²) in [5.74, 6) is -0.00513. The van der Waals surface area contributed by atoms with Crippen LogP contribution in [-0.4, -0.2) is 42.4 Å². The number of hydrogen-bond donors (Lipinski definition) is 3. The van der Waals surface area contributed by atoms with Crippen LogP contribution in [0.15, 0.2) is 59.7 Å². The smallest absolute Gasteiger partial charge is 0.324 e. The number of halogens is 1. The van der Waals surface area contributed by atoms with E-state index < -0.39 is 11.8 Å². The van der Waals surface area contributed by atoms with Crippen LogP contribution in [0.5, 0.6) is 0 Å². The Morgan fingerprint density at radius 2 is 1.83 bits per heavy atom. The van der Waals surface area contributed by atoms with E-state index in [-0.39, 0.29) is 27.9 Å². The Morgan fingerprint density at radius 3 is 2.50 bits per heavy atom. The summed E-state index contributed by atoms with van der Waals surface area (Å²) < 4.78 is 17.8. The molecule has 0 aliphatic heterocycles. The standard InChI is InChI=1S/C29H27FN10O2/c1-29(2,3)23-12-24(40(38-23)19-8-7-18(13-31)33-15-19)36-28(42)35-22-11-16(6-9-21(22)30)20-10-17-14-34-27(32-4)37-25(17)39(5)26(20)41/h6-12,14-15H,1-5H3,(H,32,34,37)(H2,35,36,42). The molecule has 3 N–H and O–H groups in total. The van der Waals surface area contributed by atoms with Crippen LogP contribution < -0.4 is 21.5 Å². The van der Waals surface area contributed by atoms with Crippen LogP contribution in [-0.2, 0) is 12.5 Å². The van der Waals surface area contributed by atoms with Crippen LogP contribution in [0.4, 0.5) is 26.6 Å². The topological polar surface area (TPSA) is 155 Å². The first-order valence-corrected chi connectivity index (χ1v) is 12.9. The van der Waals surface area contributed by atoms with Crippen molar-refractivity contribution < 1.29 is 9.18 Å². The zero-order valence-corrected chi connectivity index (χ0v) is 23.5. The molecule has 5 rings (SSSR count). The number of aromatic nitrogens is 6. The van der Waals surface area contributed by atoms with Crippen molar-refractivity contribution in [1.82, 2.24) is 29.3 Å². The maximum absolute atomic E-state index is 14.9. The largest absolute Gasteiger partial charge is 0.357 e. The average Bonchev–Trinajstić information content (AvgIpc) is 3.40. The summed E-state index contributed by atoms with van der Waals surface area (Å²) in [4.78, 5) is 38.9. The third-order valence-electron chi connectivity index (χ3n) is 6.52. The number of amides is 2. The quantitative estimate of drug-likeness (QED) is 0.279. The average molecular weight is 567 g/mol. The van der Waals surface area contributed by atoms with E-state index in [1.165, 1.54) is 33.6 Å². The highest BCUT2D eigenvalue weighted by atomic mass is 19.1. The lowest BCUT2D eigenvalue weighted by molar-refractivity contribution is 0.262. The number of anilines is 3. The first-order valence-electron chi connectivity index (χ1n) is 12.9. The highest BCUT2D eigenvalue weighted by Crippen LogP contribution is 2.28. The summed E-state index contributed by atoms with van der Waals surface area (Å²) in [5, 5.41) is 22.4. The molecule has 212 valence electrons. The highest BCUT2D eigenvalue weighted by Gasteiger charge is 2.22. The number of aryl methyl sites for hydroxylation is 1. The van der Waals surface area contributed by atoms with Crippen LogP contribution in [0, 0.1) is 17.1 Å². The maximum Gasteiger partial charge on any atom is 0.324 e. The molecule has 4 aromatic heterocycles. The van der Waals surface area contributed by atoms with E-state index >= 15 is 0 Å². The van der Waals surface area contributed by atoms with Crippen molar-refractivity contribution in [2.24, 2.45) is 7.05 Å². The molecule has 2 amide bonds. The van der Waals surface area contributed by atoms with E-state index in [2.05, 4.69) is 36.0 Å². The Bertz CT molecular complexity index is 1930. The first-order chi connectivity index (χ1) is 20.0. The molecule has 0 saturated heterocycles. The molecule has 0 aliphatic carbocycles. The predicted octanol–water partition coefficient (Wildman–Crippen LogP) is 4.57. The van der Waals surface area contributed by atoms with E-state index in [9.17, 15) is 14.0 Å². The molecule has 13 heteroatoms. The third-order valence-corrected chi connectivity index (χ3v) is 6.52. The number of urea groups is 1. The molecule has 5 aromatic rings. The molecule has 0 aliphatic rings. The van der Waals surface area contributed by atoms with E-state index in [0.717, 1.165) is 0 Å². The SMILES string of the molecule is CNc1ncc2cc(-c3ccc(F)c(NC(=O)Nc4cc(C(C)(C)C)nn4-c4ccc(C#N)nc4)c3)c(=O)n(C)c2n1. The highest BCUT2D eigenvalue weighted by molar-refractivity contribution is 6.00. The summed E-state index contributed by atoms with van der Waals surface area (Å²) in [6.07, 6.45) is 3.06. The lowest BCUT2D eigenvalue weighted by Crippen LogP contribution is -2.22. The molecule has 4 heterocycles. The zero-order chi connectivity index (χ0) is 30.2. The minimum atomic E-state index is -0.728. The molecule has 0 unspecified atom stereocenters. The van der Waals surface area contributed by atoms with Gasteiger partial charge in [-0.3, -0.25) is 14.7 Å². The molecule has 0 saturated carbocycles. The number of nitriles is 1. The molecule has 1 aromatic carbocycles. The number of rotatable bonds is 5. The van der Waals surface area contributed by atoms with Crippen LogP contribution in [0.1, 0.15) is 32.2 Å². The van der Waals surface area contributed by atoms with Crippen LogP contribution in [0.2, 0.25) is 0 Å². The number of fused-ring (bicyclic) bond motifs is 1. The fourth-order valence-corrected chi connectivity index (χ4v) is 4.24. The van der Waals surface area contributed by atoms with E-state index in [1.807, 2.05) is 26.8 Å². The normalized spacial score (nSPS) is 11.3. The van der Waals surface area contributed by atoms with Gasteiger partial charge >= 0.3 is 6.03 Å². The van der Waals surface area contributed by atoms with E-state index in [4.69, 9.17) is 5.26 Å². The fraction of sp³-hybridized carbons (Fsp3) is 0.207. The minimum Gasteiger partial charge on any atom is -0.357 e. The van der Waals surface area contributed by atoms with Crippen LogP contribution >= 0.6 is 0 Å². The lowest BCUT2D eigenvalue weighted by atomic mass is 9.92. The molecule has 42 heavy (non-hydrogen) atoms. The minimum absolute atomic E-state index is 0.129. The van der Waals surface area contributed by atoms with Gasteiger partial charge in [-0.2, -0.15) is 15.3 Å². The second-order valence-corrected chi connectivity index (χ2v) is 10.5. The molecule has 0 atom stereocenters. The third kappa shape index (κ3) is 5.37. The fourth-order valence-electron chi connectivity index (χ4n) is 4.24. The number of nitrogens with zero attached hydrogens (tertiary/aromatic N) is 7. The van der Waals surface area contributed by atoms with Gasteiger partial charge in [0.05, 0.1) is 23.3 Å². The van der Waals surface area contributed by atoms with Crippen molar-refractivity contribution in [2.45, 2.75) is 26.2 Å². The Kier molecular flexibility index (Phi) is 7.13. The summed E-state index contributed by atoms with van der Waals surface area (Å²) in [5.41, 5.74) is 1.75. The van der Waals surface area contributed by atoms with Gasteiger partial charge in [0, 0.05) is 42.7 Å². The summed E-state index contributed by atoms with van der Waals surface area (Å²) in [6.45, 7) is 5.93. The molecule has 0 bridgehead atoms. The van der Waals surface area contributed by atoms with Gasteiger partial charge in [0.25, 0.3) is 5.56 Å². The lowest BCUT2D eigenvalue weighted by Gasteiger charge is -2.14. The Labute approximate surface area is 239 Å². The van der Waals surface area contributed by atoms with Gasteiger partial charge in [-0.05, 0) is 35.9 Å². The van der Waals surface area contributed by atoms with Crippen molar-refractivity contribution >= 4 is 34.5 Å². The van der Waals surface area contributed by atoms with Gasteiger partial charge in [0.1, 0.15) is 29.0 Å². The van der Waals surface area contributed by atoms with E-state index in [0.29, 0.717) is 39.7 Å². The molecular formula is C29H27FN10O2. The van der Waals surface area contributed by atoms with Gasteiger partial charge in [-0.1, -0.05) is 26.8 Å². The number of carbonyl (C=O) groups is 1. The molecule has 0 fully saturated rings. The van der Waals surface area contributed by atoms with Gasteiger partial charge < -0.3 is 10.6 Å². The summed E-state index contributed by atoms with van der Waals surface area (Å²) in [7, 11) is 3.27. The molecule has 12 nitrogen and oxygen atoms in total. The van der Waals surface area contributed by atoms with E-state index in [1.54, 1.807) is 44.6 Å². The molecule has 0 radical (unpaired) electrons. The monoisotopic (exact) mass is 566 g/mol. The van der Waals surface area contributed by atoms with Crippen molar-refractivity contribution in [1.29, 1.82) is 5.26 Å². The van der Waals surface area contributed by atoms with Crippen molar-refractivity contribution in [3.63, 3.8) is 0 Å². The second kappa shape index (κ2) is 10.7. The van der Waals surface area contributed by atoms with Crippen LogP contribution in [0.3, 0.4) is 0 Å². The number of benzene rings is 1. The number of hydrogen-bond acceptors (Lipinski definition) is 8. The van der Waals surface area contributed by atoms with Crippen molar-refractivity contribution in [2.75, 3.05) is 23.0 Å². The van der Waals surface area contributed by atoms with Crippen LogP contribution in [0.25, 0.3) is 27.8 Å². The summed E-state index contributed by atoms with van der Waals surface area (Å²) >= 11 is 0. The summed E-state index contributed by atoms with van der Waals surface area (Å²) in [6, 6.07) is 11.8. The maximum atomic E-state index is 14.9.